The zero-order chi connectivity index (χ0) is 22.1. The van der Waals surface area contributed by atoms with Crippen LogP contribution in [0.25, 0.3) is 0 Å². The first-order chi connectivity index (χ1) is 15.7. The number of hydrogen-bond acceptors (Lipinski definition) is 4. The van der Waals surface area contributed by atoms with Crippen LogP contribution in [0, 0.1) is 0 Å². The topological polar surface area (TPSA) is 38.8 Å². The molecule has 0 N–H and O–H groups in total. The Bertz CT molecular complexity index is 1120. The molecule has 0 spiro atoms. The lowest BCUT2D eigenvalue weighted by molar-refractivity contribution is 0.125. The fourth-order valence-electron chi connectivity index (χ4n) is 5.24. The third-order valence-electron chi connectivity index (χ3n) is 6.74. The highest BCUT2D eigenvalue weighted by molar-refractivity contribution is 8.14. The molecule has 1 fully saturated rings. The molecule has 2 heterocycles. The summed E-state index contributed by atoms with van der Waals surface area (Å²) in [5.41, 5.74) is 4.47. The number of amides is 1. The first-order valence-corrected chi connectivity index (χ1v) is 11.8. The SMILES string of the molecule is COc1cc2c(cc1OC)[C@@]1(Cc3ccccc3)[C@@H](Cc3ccccc3)SC(=O)N1CC2. The summed E-state index contributed by atoms with van der Waals surface area (Å²) in [6.45, 7) is 0.715. The summed E-state index contributed by atoms with van der Waals surface area (Å²) in [6.07, 6.45) is 2.41. The Balaban J connectivity index is 1.70. The fraction of sp³-hybridized carbons (Fsp3) is 0.296. The van der Waals surface area contributed by atoms with E-state index in [4.69, 9.17) is 9.47 Å². The quantitative estimate of drug-likeness (QED) is 0.504. The Morgan fingerprint density at radius 2 is 1.56 bits per heavy atom. The molecule has 0 bridgehead atoms. The van der Waals surface area contributed by atoms with E-state index in [-0.39, 0.29) is 10.5 Å². The number of ether oxygens (including phenoxy) is 2. The average molecular weight is 446 g/mol. The molecule has 3 aromatic carbocycles. The van der Waals surface area contributed by atoms with Crippen LogP contribution >= 0.6 is 11.8 Å². The van der Waals surface area contributed by atoms with Crippen LogP contribution in [0.4, 0.5) is 4.79 Å². The van der Waals surface area contributed by atoms with Gasteiger partial charge in [-0.25, -0.2) is 0 Å². The summed E-state index contributed by atoms with van der Waals surface area (Å²) < 4.78 is 11.3. The average Bonchev–Trinajstić information content (AvgIpc) is 3.10. The van der Waals surface area contributed by atoms with Crippen molar-refractivity contribution in [3.63, 3.8) is 0 Å². The van der Waals surface area contributed by atoms with Gasteiger partial charge in [0.2, 0.25) is 0 Å². The van der Waals surface area contributed by atoms with Crippen molar-refractivity contribution < 1.29 is 14.3 Å². The molecule has 0 saturated carbocycles. The van der Waals surface area contributed by atoms with Crippen LogP contribution in [0.5, 0.6) is 11.5 Å². The molecule has 0 aromatic heterocycles. The third kappa shape index (κ3) is 3.45. The third-order valence-corrected chi connectivity index (χ3v) is 8.00. The molecule has 2 aliphatic rings. The molecule has 164 valence electrons. The first kappa shape index (κ1) is 21.0. The fourth-order valence-corrected chi connectivity index (χ4v) is 6.68. The number of methoxy groups -OCH3 is 2. The minimum atomic E-state index is -0.438. The van der Waals surface area contributed by atoms with Crippen LogP contribution in [-0.2, 0) is 24.8 Å². The number of fused-ring (bicyclic) bond motifs is 3. The lowest BCUT2D eigenvalue weighted by Gasteiger charge is -2.46. The van der Waals surface area contributed by atoms with Gasteiger partial charge in [0.1, 0.15) is 0 Å². The summed E-state index contributed by atoms with van der Waals surface area (Å²) in [7, 11) is 3.34. The number of hydrogen-bond donors (Lipinski definition) is 0. The van der Waals surface area contributed by atoms with Gasteiger partial charge in [0.05, 0.1) is 19.8 Å². The van der Waals surface area contributed by atoms with Crippen molar-refractivity contribution in [2.75, 3.05) is 20.8 Å². The molecular formula is C27H27NO3S. The molecule has 1 amide bonds. The van der Waals surface area contributed by atoms with E-state index in [1.807, 2.05) is 12.1 Å². The van der Waals surface area contributed by atoms with E-state index in [0.29, 0.717) is 12.3 Å². The lowest BCUT2D eigenvalue weighted by atomic mass is 9.73. The van der Waals surface area contributed by atoms with Gasteiger partial charge in [0, 0.05) is 18.2 Å². The van der Waals surface area contributed by atoms with Gasteiger partial charge >= 0.3 is 0 Å². The van der Waals surface area contributed by atoms with Crippen molar-refractivity contribution in [1.82, 2.24) is 4.90 Å². The molecule has 4 nitrogen and oxygen atoms in total. The number of thioether (sulfide) groups is 1. The van der Waals surface area contributed by atoms with Gasteiger partial charge in [-0.2, -0.15) is 0 Å². The minimum Gasteiger partial charge on any atom is -0.493 e. The maximum atomic E-state index is 13.3. The standard InChI is InChI=1S/C27H27NO3S/c1-30-23-16-21-13-14-28-26(29)32-25(15-19-9-5-3-6-10-19)27(28,22(21)17-24(23)31-2)18-20-11-7-4-8-12-20/h3-12,16-17,25H,13-15,18H2,1-2H3/t25-,27+/m1/s1. The Labute approximate surface area is 193 Å². The van der Waals surface area contributed by atoms with Crippen molar-refractivity contribution in [2.24, 2.45) is 0 Å². The predicted octanol–water partition coefficient (Wildman–Crippen LogP) is 5.48. The second-order valence-corrected chi connectivity index (χ2v) is 9.57. The van der Waals surface area contributed by atoms with Crippen molar-refractivity contribution >= 4 is 17.0 Å². The zero-order valence-corrected chi connectivity index (χ0v) is 19.2. The molecule has 0 radical (unpaired) electrons. The van der Waals surface area contributed by atoms with Gasteiger partial charge in [-0.05, 0) is 47.2 Å². The van der Waals surface area contributed by atoms with E-state index in [1.165, 1.54) is 34.0 Å². The summed E-state index contributed by atoms with van der Waals surface area (Å²) in [5.74, 6) is 1.45. The number of benzene rings is 3. The van der Waals surface area contributed by atoms with Crippen molar-refractivity contribution in [1.29, 1.82) is 0 Å². The Kier molecular flexibility index (Phi) is 5.60. The number of rotatable bonds is 6. The molecule has 3 aromatic rings. The van der Waals surface area contributed by atoms with Gasteiger partial charge < -0.3 is 14.4 Å². The largest absolute Gasteiger partial charge is 0.493 e. The number of carbonyl (C=O) groups excluding carboxylic acids is 1. The van der Waals surface area contributed by atoms with Crippen LogP contribution in [0.1, 0.15) is 22.3 Å². The Hall–Kier alpha value is -2.92. The molecule has 2 atom stereocenters. The van der Waals surface area contributed by atoms with Crippen LogP contribution < -0.4 is 9.47 Å². The van der Waals surface area contributed by atoms with Gasteiger partial charge in [0.15, 0.2) is 11.5 Å². The molecule has 32 heavy (non-hydrogen) atoms. The summed E-state index contributed by atoms with van der Waals surface area (Å²) in [6, 6.07) is 25.2. The van der Waals surface area contributed by atoms with Gasteiger partial charge in [-0.3, -0.25) is 4.79 Å². The molecule has 1 saturated heterocycles. The molecular weight excluding hydrogens is 418 g/mol. The van der Waals surface area contributed by atoms with Crippen LogP contribution in [0.15, 0.2) is 72.8 Å². The Morgan fingerprint density at radius 1 is 0.938 bits per heavy atom. The van der Waals surface area contributed by atoms with Crippen molar-refractivity contribution in [3.05, 3.63) is 95.1 Å². The normalized spacial score (nSPS) is 21.8. The molecule has 0 unspecified atom stereocenters. The zero-order valence-electron chi connectivity index (χ0n) is 18.4. The monoisotopic (exact) mass is 445 g/mol. The highest BCUT2D eigenvalue weighted by atomic mass is 32.2. The first-order valence-electron chi connectivity index (χ1n) is 11.0. The number of nitrogens with zero attached hydrogens (tertiary/aromatic N) is 1. The number of carbonyl (C=O) groups is 1. The Morgan fingerprint density at radius 3 is 2.22 bits per heavy atom. The van der Waals surface area contributed by atoms with E-state index in [9.17, 15) is 4.79 Å². The maximum Gasteiger partial charge on any atom is 0.282 e. The summed E-state index contributed by atoms with van der Waals surface area (Å²) in [4.78, 5) is 15.4. The second kappa shape index (κ2) is 8.55. The van der Waals surface area contributed by atoms with Crippen LogP contribution in [0.3, 0.4) is 0 Å². The highest BCUT2D eigenvalue weighted by Crippen LogP contribution is 2.54. The van der Waals surface area contributed by atoms with Gasteiger partial charge in [-0.1, -0.05) is 72.4 Å². The van der Waals surface area contributed by atoms with Crippen LogP contribution in [-0.4, -0.2) is 36.2 Å². The van der Waals surface area contributed by atoms with E-state index >= 15 is 0 Å². The second-order valence-electron chi connectivity index (χ2n) is 8.41. The van der Waals surface area contributed by atoms with Crippen LogP contribution in [0.2, 0.25) is 0 Å². The molecule has 2 aliphatic heterocycles. The van der Waals surface area contributed by atoms with E-state index in [0.717, 1.165) is 25.0 Å². The predicted molar refractivity (Wildman–Crippen MR) is 129 cm³/mol. The van der Waals surface area contributed by atoms with Gasteiger partial charge in [-0.15, -0.1) is 0 Å². The minimum absolute atomic E-state index is 0.0924. The van der Waals surface area contributed by atoms with E-state index < -0.39 is 5.54 Å². The van der Waals surface area contributed by atoms with E-state index in [2.05, 4.69) is 65.6 Å². The summed E-state index contributed by atoms with van der Waals surface area (Å²) >= 11 is 1.49. The lowest BCUT2D eigenvalue weighted by Crippen LogP contribution is -2.54. The highest BCUT2D eigenvalue weighted by Gasteiger charge is 2.56. The van der Waals surface area contributed by atoms with E-state index in [1.54, 1.807) is 14.2 Å². The molecule has 5 rings (SSSR count). The van der Waals surface area contributed by atoms with Gasteiger partial charge in [0.25, 0.3) is 5.24 Å². The molecule has 5 heteroatoms. The smallest absolute Gasteiger partial charge is 0.282 e. The molecule has 0 aliphatic carbocycles. The van der Waals surface area contributed by atoms with Crippen molar-refractivity contribution in [3.8, 4) is 11.5 Å². The summed E-state index contributed by atoms with van der Waals surface area (Å²) in [5, 5.41) is 0.261. The van der Waals surface area contributed by atoms with Crippen molar-refractivity contribution in [2.45, 2.75) is 30.1 Å². The maximum absolute atomic E-state index is 13.3.